The normalized spacial score (nSPS) is 20.0. The summed E-state index contributed by atoms with van der Waals surface area (Å²) in [5.74, 6) is -0.603. The predicted octanol–water partition coefficient (Wildman–Crippen LogP) is 6.35. The first kappa shape index (κ1) is 15.0. The van der Waals surface area contributed by atoms with Crippen molar-refractivity contribution in [2.75, 3.05) is 0 Å². The van der Waals surface area contributed by atoms with Gasteiger partial charge in [-0.05, 0) is 39.4 Å². The standard InChI is InChI=1S/C21H12ClF3/c22-16-10-9-15-17-11-5-1-3-7-13(11)18(14-8-4-2-6-12(14)17)19(15)20(16)21(23,24)25/h1-10,17-18H. The Morgan fingerprint density at radius 2 is 1.12 bits per heavy atom. The second kappa shape index (κ2) is 4.89. The zero-order chi connectivity index (χ0) is 17.3. The van der Waals surface area contributed by atoms with E-state index in [-0.39, 0.29) is 10.9 Å². The van der Waals surface area contributed by atoms with Crippen LogP contribution in [0.4, 0.5) is 13.2 Å². The van der Waals surface area contributed by atoms with Crippen LogP contribution in [0.15, 0.2) is 60.7 Å². The van der Waals surface area contributed by atoms with Crippen LogP contribution in [0.2, 0.25) is 5.02 Å². The lowest BCUT2D eigenvalue weighted by atomic mass is 9.60. The van der Waals surface area contributed by atoms with Crippen molar-refractivity contribution in [1.29, 1.82) is 0 Å². The van der Waals surface area contributed by atoms with Crippen LogP contribution in [0.25, 0.3) is 0 Å². The van der Waals surface area contributed by atoms with Gasteiger partial charge in [0.1, 0.15) is 0 Å². The molecule has 0 N–H and O–H groups in total. The Labute approximate surface area is 147 Å². The van der Waals surface area contributed by atoms with Gasteiger partial charge in [-0.2, -0.15) is 13.2 Å². The number of halogens is 4. The molecule has 3 aromatic rings. The van der Waals surface area contributed by atoms with Gasteiger partial charge in [0.15, 0.2) is 0 Å². The molecule has 4 heteroatoms. The molecule has 3 aromatic carbocycles. The van der Waals surface area contributed by atoms with E-state index in [9.17, 15) is 13.2 Å². The minimum atomic E-state index is -4.48. The lowest BCUT2D eigenvalue weighted by molar-refractivity contribution is -0.138. The van der Waals surface area contributed by atoms with Crippen molar-refractivity contribution < 1.29 is 13.2 Å². The van der Waals surface area contributed by atoms with E-state index in [1.807, 2.05) is 48.5 Å². The van der Waals surface area contributed by atoms with Gasteiger partial charge in [0, 0.05) is 11.8 Å². The van der Waals surface area contributed by atoms with E-state index in [0.29, 0.717) is 5.56 Å². The van der Waals surface area contributed by atoms with Crippen molar-refractivity contribution in [2.45, 2.75) is 18.0 Å². The zero-order valence-corrected chi connectivity index (χ0v) is 13.7. The molecule has 0 amide bonds. The maximum absolute atomic E-state index is 13.8. The second-order valence-electron chi connectivity index (χ2n) is 6.55. The number of hydrogen-bond donors (Lipinski definition) is 0. The van der Waals surface area contributed by atoms with Crippen molar-refractivity contribution in [3.05, 3.63) is 105 Å². The van der Waals surface area contributed by atoms with E-state index in [2.05, 4.69) is 0 Å². The summed E-state index contributed by atoms with van der Waals surface area (Å²) in [5, 5.41) is -0.228. The van der Waals surface area contributed by atoms with Crippen LogP contribution in [0, 0.1) is 0 Å². The zero-order valence-electron chi connectivity index (χ0n) is 12.9. The van der Waals surface area contributed by atoms with Crippen LogP contribution in [0.5, 0.6) is 0 Å². The highest BCUT2D eigenvalue weighted by molar-refractivity contribution is 6.31. The minimum Gasteiger partial charge on any atom is -0.166 e. The average Bonchev–Trinajstić information content (AvgIpc) is 2.60. The van der Waals surface area contributed by atoms with Gasteiger partial charge in [0.2, 0.25) is 0 Å². The Hall–Kier alpha value is -2.26. The largest absolute Gasteiger partial charge is 0.418 e. The molecule has 2 bridgehead atoms. The van der Waals surface area contributed by atoms with E-state index < -0.39 is 17.7 Å². The quantitative estimate of drug-likeness (QED) is 0.303. The molecule has 0 unspecified atom stereocenters. The molecule has 0 spiro atoms. The smallest absolute Gasteiger partial charge is 0.166 e. The van der Waals surface area contributed by atoms with Gasteiger partial charge < -0.3 is 0 Å². The number of rotatable bonds is 0. The highest BCUT2D eigenvalue weighted by atomic mass is 35.5. The van der Waals surface area contributed by atoms with Gasteiger partial charge in [-0.1, -0.05) is 66.2 Å². The van der Waals surface area contributed by atoms with E-state index in [1.54, 1.807) is 6.07 Å². The molecule has 0 atom stereocenters. The molecule has 124 valence electrons. The van der Waals surface area contributed by atoms with Crippen molar-refractivity contribution in [3.8, 4) is 0 Å². The Balaban J connectivity index is 1.93. The summed E-state index contributed by atoms with van der Waals surface area (Å²) in [5.41, 5.74) is 4.44. The molecular weight excluding hydrogens is 345 g/mol. The first-order chi connectivity index (χ1) is 12.0. The Kier molecular flexibility index (Phi) is 2.94. The lowest BCUT2D eigenvalue weighted by Gasteiger charge is -2.43. The van der Waals surface area contributed by atoms with E-state index >= 15 is 0 Å². The predicted molar refractivity (Wildman–Crippen MR) is 91.2 cm³/mol. The van der Waals surface area contributed by atoms with Crippen molar-refractivity contribution >= 4 is 11.6 Å². The maximum Gasteiger partial charge on any atom is 0.418 e. The van der Waals surface area contributed by atoms with Crippen LogP contribution >= 0.6 is 11.6 Å². The Bertz CT molecular complexity index is 972. The number of hydrogen-bond acceptors (Lipinski definition) is 0. The summed E-state index contributed by atoms with van der Waals surface area (Å²) >= 11 is 6.02. The molecule has 0 nitrogen and oxygen atoms in total. The molecule has 25 heavy (non-hydrogen) atoms. The first-order valence-corrected chi connectivity index (χ1v) is 8.43. The van der Waals surface area contributed by atoms with E-state index in [4.69, 9.17) is 11.6 Å². The molecule has 0 radical (unpaired) electrons. The third-order valence-corrected chi connectivity index (χ3v) is 5.66. The van der Waals surface area contributed by atoms with Crippen molar-refractivity contribution in [2.24, 2.45) is 0 Å². The molecular formula is C21H12ClF3. The van der Waals surface area contributed by atoms with Crippen LogP contribution in [0.1, 0.15) is 50.8 Å². The highest BCUT2D eigenvalue weighted by Gasteiger charge is 2.47. The van der Waals surface area contributed by atoms with Crippen LogP contribution < -0.4 is 0 Å². The summed E-state index contributed by atoms with van der Waals surface area (Å²) in [6, 6.07) is 18.7. The Morgan fingerprint density at radius 1 is 0.640 bits per heavy atom. The van der Waals surface area contributed by atoms with Crippen molar-refractivity contribution in [3.63, 3.8) is 0 Å². The van der Waals surface area contributed by atoms with Gasteiger partial charge in [-0.3, -0.25) is 0 Å². The number of alkyl halides is 3. The molecule has 3 aliphatic carbocycles. The fourth-order valence-electron chi connectivity index (χ4n) is 4.51. The van der Waals surface area contributed by atoms with Gasteiger partial charge in [-0.25, -0.2) is 0 Å². The van der Waals surface area contributed by atoms with Gasteiger partial charge >= 0.3 is 6.18 Å². The molecule has 0 heterocycles. The third-order valence-electron chi connectivity index (χ3n) is 5.35. The van der Waals surface area contributed by atoms with Crippen LogP contribution in [-0.2, 0) is 6.18 Å². The highest BCUT2D eigenvalue weighted by Crippen LogP contribution is 2.58. The summed E-state index contributed by atoms with van der Waals surface area (Å²) in [6.45, 7) is 0. The minimum absolute atomic E-state index is 0.175. The molecule has 0 saturated carbocycles. The van der Waals surface area contributed by atoms with Gasteiger partial charge in [-0.15, -0.1) is 0 Å². The molecule has 0 aromatic heterocycles. The van der Waals surface area contributed by atoms with Crippen LogP contribution in [0.3, 0.4) is 0 Å². The first-order valence-electron chi connectivity index (χ1n) is 8.05. The fourth-order valence-corrected chi connectivity index (χ4v) is 4.79. The monoisotopic (exact) mass is 356 g/mol. The summed E-state index contributed by atoms with van der Waals surface area (Å²) in [4.78, 5) is 0. The molecule has 0 saturated heterocycles. The molecule has 6 rings (SSSR count). The molecule has 0 fully saturated rings. The number of benzene rings is 3. The Morgan fingerprint density at radius 3 is 1.60 bits per heavy atom. The van der Waals surface area contributed by atoms with Crippen molar-refractivity contribution in [1.82, 2.24) is 0 Å². The molecule has 0 aliphatic heterocycles. The summed E-state index contributed by atoms with van der Waals surface area (Å²) in [7, 11) is 0. The summed E-state index contributed by atoms with van der Waals surface area (Å²) < 4.78 is 41.5. The van der Waals surface area contributed by atoms with E-state index in [0.717, 1.165) is 27.8 Å². The third kappa shape index (κ3) is 1.90. The summed E-state index contributed by atoms with van der Waals surface area (Å²) in [6.07, 6.45) is -4.48. The molecule has 3 aliphatic rings. The maximum atomic E-state index is 13.8. The SMILES string of the molecule is FC(F)(F)c1c(Cl)ccc2c1C1c3ccccc3C2c2ccccc21. The topological polar surface area (TPSA) is 0 Å². The van der Waals surface area contributed by atoms with Gasteiger partial charge in [0.25, 0.3) is 0 Å². The van der Waals surface area contributed by atoms with E-state index in [1.165, 1.54) is 6.07 Å². The lowest BCUT2D eigenvalue weighted by Crippen LogP contribution is -2.30. The fraction of sp³-hybridized carbons (Fsp3) is 0.143. The van der Waals surface area contributed by atoms with Crippen LogP contribution in [-0.4, -0.2) is 0 Å². The van der Waals surface area contributed by atoms with Gasteiger partial charge in [0.05, 0.1) is 10.6 Å². The average molecular weight is 357 g/mol. The second-order valence-corrected chi connectivity index (χ2v) is 6.95.